The Labute approximate surface area is 83.3 Å². The molecular weight excluding hydrogens is 186 g/mol. The maximum atomic E-state index is 10.9. The number of ether oxygens (including phenoxy) is 1. The van der Waals surface area contributed by atoms with Crippen molar-refractivity contribution in [2.75, 3.05) is 7.11 Å². The maximum Gasteiger partial charge on any atom is 0.309 e. The SMILES string of the molecule is [B]c1cc(Cl)cc(CC(=O)OC)c1. The number of benzene rings is 1. The van der Waals surface area contributed by atoms with Crippen molar-refractivity contribution in [2.45, 2.75) is 6.42 Å². The average Bonchev–Trinajstić information content (AvgIpc) is 2.02. The summed E-state index contributed by atoms with van der Waals surface area (Å²) in [6, 6.07) is 5.01. The normalized spacial score (nSPS) is 9.69. The zero-order valence-electron chi connectivity index (χ0n) is 7.21. The van der Waals surface area contributed by atoms with E-state index in [1.165, 1.54) is 7.11 Å². The summed E-state index contributed by atoms with van der Waals surface area (Å²) in [6.07, 6.45) is 0.196. The number of rotatable bonds is 2. The Morgan fingerprint density at radius 3 is 2.77 bits per heavy atom. The molecule has 0 aromatic heterocycles. The summed E-state index contributed by atoms with van der Waals surface area (Å²) < 4.78 is 4.51. The zero-order valence-corrected chi connectivity index (χ0v) is 7.97. The van der Waals surface area contributed by atoms with Crippen LogP contribution in [0.2, 0.25) is 5.02 Å². The van der Waals surface area contributed by atoms with Crippen molar-refractivity contribution >= 4 is 30.9 Å². The second-order valence-electron chi connectivity index (χ2n) is 2.65. The van der Waals surface area contributed by atoms with Gasteiger partial charge in [-0.2, -0.15) is 0 Å². The summed E-state index contributed by atoms with van der Waals surface area (Å²) in [4.78, 5) is 10.9. The molecule has 0 unspecified atom stereocenters. The molecular formula is C9H8BClO2. The summed E-state index contributed by atoms with van der Waals surface area (Å²) in [7, 11) is 6.88. The van der Waals surface area contributed by atoms with Crippen molar-refractivity contribution in [3.05, 3.63) is 28.8 Å². The van der Waals surface area contributed by atoms with Gasteiger partial charge in [0.1, 0.15) is 7.85 Å². The van der Waals surface area contributed by atoms with Gasteiger partial charge in [-0.25, -0.2) is 0 Å². The van der Waals surface area contributed by atoms with Gasteiger partial charge in [0.25, 0.3) is 0 Å². The quantitative estimate of drug-likeness (QED) is 0.515. The molecule has 0 amide bonds. The van der Waals surface area contributed by atoms with Gasteiger partial charge in [-0.05, 0) is 11.6 Å². The monoisotopic (exact) mass is 194 g/mol. The molecule has 1 rings (SSSR count). The highest BCUT2D eigenvalue weighted by Crippen LogP contribution is 2.09. The molecule has 0 aliphatic rings. The topological polar surface area (TPSA) is 26.3 Å². The largest absolute Gasteiger partial charge is 0.469 e. The van der Waals surface area contributed by atoms with Crippen LogP contribution >= 0.6 is 11.6 Å². The highest BCUT2D eigenvalue weighted by molar-refractivity contribution is 6.36. The lowest BCUT2D eigenvalue weighted by atomic mass is 9.94. The van der Waals surface area contributed by atoms with Crippen molar-refractivity contribution in [2.24, 2.45) is 0 Å². The molecule has 0 atom stereocenters. The van der Waals surface area contributed by atoms with Crippen LogP contribution in [0.5, 0.6) is 0 Å². The first kappa shape index (κ1) is 10.1. The molecule has 0 fully saturated rings. The van der Waals surface area contributed by atoms with Gasteiger partial charge in [0.2, 0.25) is 0 Å². The van der Waals surface area contributed by atoms with E-state index in [1.807, 2.05) is 0 Å². The number of methoxy groups -OCH3 is 1. The molecule has 0 saturated heterocycles. The third-order valence-electron chi connectivity index (χ3n) is 1.56. The van der Waals surface area contributed by atoms with Crippen LogP contribution in [0.3, 0.4) is 0 Å². The van der Waals surface area contributed by atoms with Gasteiger partial charge >= 0.3 is 5.97 Å². The fourth-order valence-electron chi connectivity index (χ4n) is 1.02. The molecule has 2 radical (unpaired) electrons. The minimum atomic E-state index is -0.304. The molecule has 0 N–H and O–H groups in total. The van der Waals surface area contributed by atoms with Crippen molar-refractivity contribution in [1.29, 1.82) is 0 Å². The first-order chi connectivity index (χ1) is 6.11. The van der Waals surface area contributed by atoms with E-state index in [4.69, 9.17) is 19.4 Å². The van der Waals surface area contributed by atoms with Crippen LogP contribution in [0, 0.1) is 0 Å². The third kappa shape index (κ3) is 3.11. The molecule has 1 aromatic carbocycles. The Morgan fingerprint density at radius 1 is 1.54 bits per heavy atom. The molecule has 13 heavy (non-hydrogen) atoms. The van der Waals surface area contributed by atoms with Gasteiger partial charge < -0.3 is 4.74 Å². The maximum absolute atomic E-state index is 10.9. The molecule has 2 nitrogen and oxygen atoms in total. The Balaban J connectivity index is 2.83. The predicted molar refractivity (Wildman–Crippen MR) is 52.6 cm³/mol. The number of hydrogen-bond donors (Lipinski definition) is 0. The van der Waals surface area contributed by atoms with Gasteiger partial charge in [0, 0.05) is 5.02 Å². The van der Waals surface area contributed by atoms with Crippen LogP contribution in [0.25, 0.3) is 0 Å². The zero-order chi connectivity index (χ0) is 9.84. The molecule has 0 heterocycles. The molecule has 0 aliphatic carbocycles. The number of halogens is 1. The Kier molecular flexibility index (Phi) is 3.37. The van der Waals surface area contributed by atoms with E-state index >= 15 is 0 Å². The lowest BCUT2D eigenvalue weighted by Crippen LogP contribution is -2.08. The van der Waals surface area contributed by atoms with Crippen molar-refractivity contribution < 1.29 is 9.53 Å². The molecule has 0 spiro atoms. The summed E-state index contributed by atoms with van der Waals surface area (Å²) in [5.41, 5.74) is 1.31. The van der Waals surface area contributed by atoms with Gasteiger partial charge in [-0.1, -0.05) is 29.2 Å². The number of carbonyl (C=O) groups is 1. The summed E-state index contributed by atoms with van der Waals surface area (Å²) in [5, 5.41) is 0.527. The average molecular weight is 194 g/mol. The first-order valence-corrected chi connectivity index (χ1v) is 4.11. The second kappa shape index (κ2) is 4.33. The standard InChI is InChI=1S/C9H8BClO2/c1-13-9(12)4-6-2-7(10)5-8(11)3-6/h2-3,5H,4H2,1H3. The van der Waals surface area contributed by atoms with E-state index in [9.17, 15) is 4.79 Å². The van der Waals surface area contributed by atoms with Crippen molar-refractivity contribution in [1.82, 2.24) is 0 Å². The molecule has 0 bridgehead atoms. The van der Waals surface area contributed by atoms with Gasteiger partial charge in [-0.3, -0.25) is 4.79 Å². The number of esters is 1. The fraction of sp³-hybridized carbons (Fsp3) is 0.222. The van der Waals surface area contributed by atoms with Gasteiger partial charge in [-0.15, -0.1) is 0 Å². The van der Waals surface area contributed by atoms with E-state index in [2.05, 4.69) is 4.74 Å². The smallest absolute Gasteiger partial charge is 0.309 e. The van der Waals surface area contributed by atoms with Crippen LogP contribution < -0.4 is 5.46 Å². The van der Waals surface area contributed by atoms with Gasteiger partial charge in [0.15, 0.2) is 0 Å². The Morgan fingerprint density at radius 2 is 2.23 bits per heavy atom. The summed E-state index contributed by atoms with van der Waals surface area (Å²) >= 11 is 5.74. The summed E-state index contributed by atoms with van der Waals surface area (Å²) in [6.45, 7) is 0. The molecule has 1 aromatic rings. The third-order valence-corrected chi connectivity index (χ3v) is 1.77. The molecule has 4 heteroatoms. The first-order valence-electron chi connectivity index (χ1n) is 3.73. The molecule has 0 aliphatic heterocycles. The van der Waals surface area contributed by atoms with Gasteiger partial charge in [0.05, 0.1) is 13.5 Å². The fourth-order valence-corrected chi connectivity index (χ4v) is 1.28. The minimum Gasteiger partial charge on any atom is -0.469 e. The second-order valence-corrected chi connectivity index (χ2v) is 3.08. The van der Waals surface area contributed by atoms with Crippen LogP contribution in [-0.4, -0.2) is 20.9 Å². The summed E-state index contributed by atoms with van der Waals surface area (Å²) in [5.74, 6) is -0.304. The van der Waals surface area contributed by atoms with E-state index in [0.29, 0.717) is 10.5 Å². The Bertz CT molecular complexity index is 305. The van der Waals surface area contributed by atoms with E-state index in [-0.39, 0.29) is 12.4 Å². The van der Waals surface area contributed by atoms with Crippen molar-refractivity contribution in [3.63, 3.8) is 0 Å². The number of hydrogen-bond acceptors (Lipinski definition) is 2. The van der Waals surface area contributed by atoms with Crippen LogP contribution in [0.15, 0.2) is 18.2 Å². The van der Waals surface area contributed by atoms with Crippen molar-refractivity contribution in [3.8, 4) is 0 Å². The number of carbonyl (C=O) groups excluding carboxylic acids is 1. The van der Waals surface area contributed by atoms with Crippen LogP contribution in [0.1, 0.15) is 5.56 Å². The van der Waals surface area contributed by atoms with Crippen LogP contribution in [-0.2, 0) is 16.0 Å². The Hall–Kier alpha value is -0.955. The lowest BCUT2D eigenvalue weighted by molar-refractivity contribution is -0.139. The molecule has 66 valence electrons. The predicted octanol–water partition coefficient (Wildman–Crippen LogP) is 0.849. The van der Waals surface area contributed by atoms with E-state index in [0.717, 1.165) is 5.56 Å². The minimum absolute atomic E-state index is 0.196. The highest BCUT2D eigenvalue weighted by atomic mass is 35.5. The highest BCUT2D eigenvalue weighted by Gasteiger charge is 2.03. The van der Waals surface area contributed by atoms with Crippen LogP contribution in [0.4, 0.5) is 0 Å². The molecule has 0 saturated carbocycles. The van der Waals surface area contributed by atoms with E-state index < -0.39 is 0 Å². The lowest BCUT2D eigenvalue weighted by Gasteiger charge is -2.02. The van der Waals surface area contributed by atoms with E-state index in [1.54, 1.807) is 18.2 Å².